The predicted molar refractivity (Wildman–Crippen MR) is 161 cm³/mol. The maximum atomic E-state index is 12.6. The number of ketones is 3. The molecule has 234 valence electrons. The molecule has 0 saturated heterocycles. The van der Waals surface area contributed by atoms with Crippen molar-refractivity contribution in [3.63, 3.8) is 0 Å². The first kappa shape index (κ1) is 36.4. The lowest BCUT2D eigenvalue weighted by Gasteiger charge is -2.21. The van der Waals surface area contributed by atoms with Gasteiger partial charge in [0.1, 0.15) is 23.8 Å². The minimum Gasteiger partial charge on any atom is -0.380 e. The highest BCUT2D eigenvalue weighted by molar-refractivity contribution is 6.04. The zero-order valence-corrected chi connectivity index (χ0v) is 26.1. The summed E-state index contributed by atoms with van der Waals surface area (Å²) in [6, 6.07) is 6.72. The van der Waals surface area contributed by atoms with Crippen molar-refractivity contribution in [3.05, 3.63) is 29.8 Å². The lowest BCUT2D eigenvalue weighted by atomic mass is 10.0. The fourth-order valence-corrected chi connectivity index (χ4v) is 3.97. The van der Waals surface area contributed by atoms with Crippen LogP contribution in [-0.4, -0.2) is 99.0 Å². The minimum absolute atomic E-state index is 0.0615. The fraction of sp³-hybridized carbons (Fsp3) is 0.613. The molecule has 1 aromatic rings. The molecular formula is C31H48N4O7. The first-order valence-corrected chi connectivity index (χ1v) is 14.5. The molecule has 0 aliphatic rings. The van der Waals surface area contributed by atoms with Gasteiger partial charge in [-0.15, -0.1) is 0 Å². The zero-order chi connectivity index (χ0) is 31.7. The third-order valence-electron chi connectivity index (χ3n) is 7.01. The molecule has 0 aliphatic carbocycles. The Labute approximate surface area is 249 Å². The molecule has 0 saturated carbocycles. The van der Waals surface area contributed by atoms with Gasteiger partial charge in [-0.05, 0) is 50.8 Å². The quantitative estimate of drug-likeness (QED) is 0.183. The van der Waals surface area contributed by atoms with Crippen LogP contribution in [0.2, 0.25) is 0 Å². The van der Waals surface area contributed by atoms with Crippen LogP contribution >= 0.6 is 0 Å². The highest BCUT2D eigenvalue weighted by Crippen LogP contribution is 2.16. The number of hydrogen-bond acceptors (Lipinski definition) is 7. The van der Waals surface area contributed by atoms with E-state index in [1.807, 2.05) is 6.92 Å². The van der Waals surface area contributed by atoms with E-state index in [4.69, 9.17) is 4.74 Å². The van der Waals surface area contributed by atoms with Gasteiger partial charge >= 0.3 is 6.03 Å². The van der Waals surface area contributed by atoms with E-state index < -0.39 is 0 Å². The normalized spacial score (nSPS) is 11.4. The lowest BCUT2D eigenvalue weighted by Crippen LogP contribution is -2.38. The Balaban J connectivity index is 2.24. The van der Waals surface area contributed by atoms with E-state index in [2.05, 4.69) is 5.32 Å². The van der Waals surface area contributed by atoms with Crippen LogP contribution in [0.25, 0.3) is 0 Å². The summed E-state index contributed by atoms with van der Waals surface area (Å²) < 4.78 is 5.60. The topological polar surface area (TPSA) is 133 Å². The first-order chi connectivity index (χ1) is 19.8. The van der Waals surface area contributed by atoms with Crippen molar-refractivity contribution in [2.24, 2.45) is 5.92 Å². The number of rotatable bonds is 20. The third-order valence-corrected chi connectivity index (χ3v) is 7.01. The number of unbranched alkanes of at least 4 members (excludes halogenated alkanes) is 1. The molecule has 11 nitrogen and oxygen atoms in total. The van der Waals surface area contributed by atoms with Crippen molar-refractivity contribution >= 4 is 40.9 Å². The van der Waals surface area contributed by atoms with Gasteiger partial charge in [-0.2, -0.15) is 0 Å². The van der Waals surface area contributed by atoms with Gasteiger partial charge in [-0.25, -0.2) is 4.79 Å². The third kappa shape index (κ3) is 14.9. The Kier molecular flexibility index (Phi) is 16.9. The molecule has 0 aromatic heterocycles. The van der Waals surface area contributed by atoms with Gasteiger partial charge in [0.15, 0.2) is 0 Å². The fourth-order valence-electron chi connectivity index (χ4n) is 3.97. The number of carbonyl (C=O) groups excluding carboxylic acids is 6. The van der Waals surface area contributed by atoms with E-state index in [9.17, 15) is 28.8 Å². The van der Waals surface area contributed by atoms with Crippen LogP contribution in [0.5, 0.6) is 0 Å². The molecule has 0 spiro atoms. The number of ether oxygens (including phenoxy) is 1. The summed E-state index contributed by atoms with van der Waals surface area (Å²) in [5, 5.41) is 2.88. The smallest absolute Gasteiger partial charge is 0.317 e. The van der Waals surface area contributed by atoms with Crippen molar-refractivity contribution in [2.75, 3.05) is 58.9 Å². The maximum absolute atomic E-state index is 12.6. The van der Waals surface area contributed by atoms with E-state index in [0.717, 1.165) is 24.8 Å². The standard InChI is InChI=1S/C31H48N4O7/c1-23(25(3)37)10-7-8-15-32-31(41)34(5)16-9-18-42-19-17-33(4)29(39)22-30(40)35(6)27-13-11-26(12-14-27)21-28(38)20-24(2)36/h11-14,23H,7-10,15-22H2,1-6H3,(H,32,41). The van der Waals surface area contributed by atoms with Gasteiger partial charge < -0.3 is 24.8 Å². The summed E-state index contributed by atoms with van der Waals surface area (Å²) in [4.78, 5) is 75.9. The van der Waals surface area contributed by atoms with Crippen molar-refractivity contribution < 1.29 is 33.5 Å². The Morgan fingerprint density at radius 3 is 2.10 bits per heavy atom. The molecule has 1 N–H and O–H groups in total. The molecule has 0 radical (unpaired) electrons. The SMILES string of the molecule is CC(=O)CC(=O)Cc1ccc(N(C)C(=O)CC(=O)N(C)CCOCCCN(C)C(=O)NCCCCC(C)C(C)=O)cc1. The second kappa shape index (κ2) is 19.5. The second-order valence-electron chi connectivity index (χ2n) is 10.8. The summed E-state index contributed by atoms with van der Waals surface area (Å²) in [6.45, 7) is 7.07. The van der Waals surface area contributed by atoms with Crippen LogP contribution in [0.1, 0.15) is 64.9 Å². The summed E-state index contributed by atoms with van der Waals surface area (Å²) in [6.07, 6.45) is 2.96. The Bertz CT molecular complexity index is 1060. The monoisotopic (exact) mass is 588 g/mol. The number of hydrogen-bond donors (Lipinski definition) is 1. The van der Waals surface area contributed by atoms with Crippen molar-refractivity contribution in [1.82, 2.24) is 15.1 Å². The highest BCUT2D eigenvalue weighted by atomic mass is 16.5. The average molecular weight is 589 g/mol. The molecule has 1 aromatic carbocycles. The van der Waals surface area contributed by atoms with Gasteiger partial charge in [0.25, 0.3) is 0 Å². The number of Topliss-reactive ketones (excluding diaryl/α,β-unsaturated/α-hetero) is 3. The zero-order valence-electron chi connectivity index (χ0n) is 26.1. The number of urea groups is 1. The largest absolute Gasteiger partial charge is 0.380 e. The second-order valence-corrected chi connectivity index (χ2v) is 10.8. The summed E-state index contributed by atoms with van der Waals surface area (Å²) in [7, 11) is 4.92. The molecule has 11 heteroatoms. The van der Waals surface area contributed by atoms with E-state index in [-0.39, 0.29) is 60.4 Å². The molecule has 1 rings (SSSR count). The number of benzene rings is 1. The van der Waals surface area contributed by atoms with E-state index in [0.29, 0.717) is 45.0 Å². The van der Waals surface area contributed by atoms with E-state index in [1.54, 1.807) is 57.2 Å². The summed E-state index contributed by atoms with van der Waals surface area (Å²) in [5.74, 6) is -0.765. The summed E-state index contributed by atoms with van der Waals surface area (Å²) >= 11 is 0. The first-order valence-electron chi connectivity index (χ1n) is 14.5. The van der Waals surface area contributed by atoms with Gasteiger partial charge in [-0.1, -0.05) is 25.5 Å². The molecule has 1 unspecified atom stereocenters. The highest BCUT2D eigenvalue weighted by Gasteiger charge is 2.18. The number of carbonyl (C=O) groups is 6. The number of nitrogens with one attached hydrogen (secondary N) is 1. The Hall–Kier alpha value is -3.60. The Morgan fingerprint density at radius 2 is 1.48 bits per heavy atom. The summed E-state index contributed by atoms with van der Waals surface area (Å²) in [5.41, 5.74) is 1.35. The molecule has 0 heterocycles. The van der Waals surface area contributed by atoms with Crippen LogP contribution in [0.15, 0.2) is 24.3 Å². The Morgan fingerprint density at radius 1 is 0.810 bits per heavy atom. The molecule has 1 atom stereocenters. The van der Waals surface area contributed by atoms with E-state index in [1.165, 1.54) is 16.7 Å². The number of amides is 4. The lowest BCUT2D eigenvalue weighted by molar-refractivity contribution is -0.135. The number of nitrogens with zero attached hydrogens (tertiary/aromatic N) is 3. The van der Waals surface area contributed by atoms with Crippen LogP contribution in [0, 0.1) is 5.92 Å². The molecule has 0 aliphatic heterocycles. The van der Waals surface area contributed by atoms with Crippen molar-refractivity contribution in [3.8, 4) is 0 Å². The molecular weight excluding hydrogens is 540 g/mol. The van der Waals surface area contributed by atoms with Gasteiger partial charge in [0.05, 0.1) is 13.0 Å². The van der Waals surface area contributed by atoms with Gasteiger partial charge in [0, 0.05) is 65.4 Å². The van der Waals surface area contributed by atoms with Gasteiger partial charge in [-0.3, -0.25) is 24.0 Å². The van der Waals surface area contributed by atoms with Crippen molar-refractivity contribution in [1.29, 1.82) is 0 Å². The maximum Gasteiger partial charge on any atom is 0.317 e. The number of anilines is 1. The van der Waals surface area contributed by atoms with Crippen molar-refractivity contribution in [2.45, 2.75) is 65.7 Å². The average Bonchev–Trinajstić information content (AvgIpc) is 2.93. The molecule has 0 fully saturated rings. The molecule has 4 amide bonds. The van der Waals surface area contributed by atoms with Crippen LogP contribution in [0.4, 0.5) is 10.5 Å². The molecule has 0 bridgehead atoms. The van der Waals surface area contributed by atoms with Crippen LogP contribution in [0.3, 0.4) is 0 Å². The number of likely N-dealkylation sites (N-methyl/N-ethyl adjacent to an activating group) is 1. The van der Waals surface area contributed by atoms with E-state index >= 15 is 0 Å². The van der Waals surface area contributed by atoms with Gasteiger partial charge in [0.2, 0.25) is 11.8 Å². The predicted octanol–water partition coefficient (Wildman–Crippen LogP) is 3.03. The minimum atomic E-state index is -0.361. The molecule has 42 heavy (non-hydrogen) atoms. The van der Waals surface area contributed by atoms with Crippen LogP contribution in [-0.2, 0) is 35.1 Å². The van der Waals surface area contributed by atoms with Crippen LogP contribution < -0.4 is 10.2 Å².